The first-order valence-corrected chi connectivity index (χ1v) is 6.28. The Morgan fingerprint density at radius 2 is 1.95 bits per heavy atom. The predicted molar refractivity (Wildman–Crippen MR) is 74.6 cm³/mol. The van der Waals surface area contributed by atoms with Crippen molar-refractivity contribution in [2.45, 2.75) is 6.42 Å². The molecule has 0 aromatic heterocycles. The number of methoxy groups -OCH3 is 2. The minimum atomic E-state index is 0.230. The van der Waals surface area contributed by atoms with E-state index in [2.05, 4.69) is 4.90 Å². The van der Waals surface area contributed by atoms with Gasteiger partial charge in [-0.1, -0.05) is 6.07 Å². The molecule has 4 nitrogen and oxygen atoms in total. The first-order chi connectivity index (χ1) is 9.13. The van der Waals surface area contributed by atoms with Crippen LogP contribution in [-0.4, -0.2) is 45.0 Å². The van der Waals surface area contributed by atoms with E-state index >= 15 is 0 Å². The number of carbonyl (C=O) groups excluding carboxylic acids is 1. The van der Waals surface area contributed by atoms with Crippen LogP contribution in [0.3, 0.4) is 0 Å². The van der Waals surface area contributed by atoms with E-state index in [1.54, 1.807) is 14.2 Å². The first kappa shape index (κ1) is 13.6. The highest BCUT2D eigenvalue weighted by Crippen LogP contribution is 2.28. The van der Waals surface area contributed by atoms with Gasteiger partial charge in [-0.15, -0.1) is 0 Å². The van der Waals surface area contributed by atoms with Crippen LogP contribution in [0.15, 0.2) is 23.8 Å². The van der Waals surface area contributed by atoms with E-state index in [4.69, 9.17) is 9.47 Å². The van der Waals surface area contributed by atoms with Gasteiger partial charge < -0.3 is 14.4 Å². The van der Waals surface area contributed by atoms with E-state index < -0.39 is 0 Å². The Kier molecular flexibility index (Phi) is 4.22. The molecule has 0 bridgehead atoms. The number of rotatable bonds is 3. The van der Waals surface area contributed by atoms with E-state index in [1.165, 1.54) is 0 Å². The largest absolute Gasteiger partial charge is 0.493 e. The number of hydrogen-bond acceptors (Lipinski definition) is 4. The standard InChI is InChI=1S/C15H19NO3/c1-16-7-6-13(17)12(10-16)8-11-4-5-14(18-2)15(9-11)19-3/h4-5,8-9H,6-7,10H2,1-3H3/b12-8+. The lowest BCUT2D eigenvalue weighted by atomic mass is 10.0. The van der Waals surface area contributed by atoms with Gasteiger partial charge in [0.1, 0.15) is 0 Å². The molecule has 1 saturated heterocycles. The molecule has 0 saturated carbocycles. The molecule has 1 aromatic carbocycles. The van der Waals surface area contributed by atoms with Gasteiger partial charge in [0, 0.05) is 25.1 Å². The zero-order chi connectivity index (χ0) is 13.8. The number of ether oxygens (including phenoxy) is 2. The van der Waals surface area contributed by atoms with Crippen molar-refractivity contribution in [2.24, 2.45) is 0 Å². The van der Waals surface area contributed by atoms with Crippen molar-refractivity contribution < 1.29 is 14.3 Å². The van der Waals surface area contributed by atoms with Crippen LogP contribution in [-0.2, 0) is 4.79 Å². The monoisotopic (exact) mass is 261 g/mol. The second kappa shape index (κ2) is 5.89. The number of ketones is 1. The van der Waals surface area contributed by atoms with Gasteiger partial charge in [0.25, 0.3) is 0 Å². The van der Waals surface area contributed by atoms with Crippen LogP contribution < -0.4 is 9.47 Å². The third-order valence-corrected chi connectivity index (χ3v) is 3.27. The van der Waals surface area contributed by atoms with Crippen LogP contribution in [0.1, 0.15) is 12.0 Å². The molecule has 2 rings (SSSR count). The van der Waals surface area contributed by atoms with Gasteiger partial charge in [-0.05, 0) is 30.8 Å². The first-order valence-electron chi connectivity index (χ1n) is 6.28. The average Bonchev–Trinajstić information content (AvgIpc) is 2.42. The molecule has 102 valence electrons. The summed E-state index contributed by atoms with van der Waals surface area (Å²) in [5.41, 5.74) is 1.80. The quantitative estimate of drug-likeness (QED) is 0.780. The van der Waals surface area contributed by atoms with Crippen molar-refractivity contribution in [1.82, 2.24) is 4.90 Å². The van der Waals surface area contributed by atoms with Gasteiger partial charge in [-0.2, -0.15) is 0 Å². The Bertz CT molecular complexity index is 508. The van der Waals surface area contributed by atoms with Gasteiger partial charge in [0.15, 0.2) is 17.3 Å². The van der Waals surface area contributed by atoms with Crippen molar-refractivity contribution >= 4 is 11.9 Å². The molecule has 1 aliphatic heterocycles. The predicted octanol–water partition coefficient (Wildman–Crippen LogP) is 1.99. The molecule has 0 unspecified atom stereocenters. The summed E-state index contributed by atoms with van der Waals surface area (Å²) in [6.07, 6.45) is 2.52. The second-order valence-corrected chi connectivity index (χ2v) is 4.69. The average molecular weight is 261 g/mol. The molecular formula is C15H19NO3. The molecule has 1 fully saturated rings. The highest BCUT2D eigenvalue weighted by molar-refractivity contribution is 6.00. The molecule has 0 atom stereocenters. The topological polar surface area (TPSA) is 38.8 Å². The molecule has 1 aromatic rings. The summed E-state index contributed by atoms with van der Waals surface area (Å²) in [5, 5.41) is 0. The molecule has 0 amide bonds. The molecule has 0 radical (unpaired) electrons. The lowest BCUT2D eigenvalue weighted by Gasteiger charge is -2.23. The Morgan fingerprint density at radius 3 is 2.63 bits per heavy atom. The van der Waals surface area contributed by atoms with Crippen LogP contribution in [0.5, 0.6) is 11.5 Å². The van der Waals surface area contributed by atoms with E-state index in [9.17, 15) is 4.79 Å². The maximum absolute atomic E-state index is 11.9. The summed E-state index contributed by atoms with van der Waals surface area (Å²) in [6, 6.07) is 5.66. The summed E-state index contributed by atoms with van der Waals surface area (Å²) in [5.74, 6) is 1.60. The highest BCUT2D eigenvalue weighted by Gasteiger charge is 2.18. The number of nitrogens with zero attached hydrogens (tertiary/aromatic N) is 1. The van der Waals surface area contributed by atoms with Crippen molar-refractivity contribution in [3.63, 3.8) is 0 Å². The Hall–Kier alpha value is -1.81. The van der Waals surface area contributed by atoms with E-state index in [1.807, 2.05) is 31.3 Å². The number of likely N-dealkylation sites (tertiary alicyclic amines) is 1. The number of Topliss-reactive ketones (excluding diaryl/α,β-unsaturated/α-hetero) is 1. The van der Waals surface area contributed by atoms with Gasteiger partial charge in [0.05, 0.1) is 14.2 Å². The fourth-order valence-electron chi connectivity index (χ4n) is 2.18. The van der Waals surface area contributed by atoms with E-state index in [0.29, 0.717) is 24.5 Å². The number of carbonyl (C=O) groups is 1. The third-order valence-electron chi connectivity index (χ3n) is 3.27. The maximum Gasteiger partial charge on any atom is 0.161 e. The van der Waals surface area contributed by atoms with Crippen molar-refractivity contribution in [1.29, 1.82) is 0 Å². The number of hydrogen-bond donors (Lipinski definition) is 0. The SMILES string of the molecule is COc1ccc(/C=C2\CN(C)CCC2=O)cc1OC. The molecular weight excluding hydrogens is 242 g/mol. The van der Waals surface area contributed by atoms with Crippen LogP contribution in [0.2, 0.25) is 0 Å². The molecule has 4 heteroatoms. The lowest BCUT2D eigenvalue weighted by molar-refractivity contribution is -0.117. The van der Waals surface area contributed by atoms with Crippen LogP contribution in [0.25, 0.3) is 6.08 Å². The minimum Gasteiger partial charge on any atom is -0.493 e. The van der Waals surface area contributed by atoms with Crippen molar-refractivity contribution in [2.75, 3.05) is 34.4 Å². The normalized spacial score (nSPS) is 18.7. The molecule has 1 aliphatic rings. The van der Waals surface area contributed by atoms with Gasteiger partial charge >= 0.3 is 0 Å². The van der Waals surface area contributed by atoms with Crippen molar-refractivity contribution in [3.8, 4) is 11.5 Å². The fraction of sp³-hybridized carbons (Fsp3) is 0.400. The lowest BCUT2D eigenvalue weighted by Crippen LogP contribution is -2.32. The maximum atomic E-state index is 11.9. The van der Waals surface area contributed by atoms with E-state index in [0.717, 1.165) is 17.7 Å². The zero-order valence-electron chi connectivity index (χ0n) is 11.6. The van der Waals surface area contributed by atoms with E-state index in [-0.39, 0.29) is 5.78 Å². The highest BCUT2D eigenvalue weighted by atomic mass is 16.5. The molecule has 0 spiro atoms. The molecule has 0 aliphatic carbocycles. The fourth-order valence-corrected chi connectivity index (χ4v) is 2.18. The Balaban J connectivity index is 2.29. The van der Waals surface area contributed by atoms with Gasteiger partial charge in [-0.3, -0.25) is 4.79 Å². The molecule has 19 heavy (non-hydrogen) atoms. The number of benzene rings is 1. The van der Waals surface area contributed by atoms with Crippen LogP contribution in [0, 0.1) is 0 Å². The summed E-state index contributed by atoms with van der Waals surface area (Å²) in [6.45, 7) is 1.54. The minimum absolute atomic E-state index is 0.230. The number of likely N-dealkylation sites (N-methyl/N-ethyl adjacent to an activating group) is 1. The van der Waals surface area contributed by atoms with Crippen LogP contribution >= 0.6 is 0 Å². The summed E-state index contributed by atoms with van der Waals surface area (Å²) >= 11 is 0. The summed E-state index contributed by atoms with van der Waals surface area (Å²) in [4.78, 5) is 14.0. The Labute approximate surface area is 113 Å². The molecule has 0 N–H and O–H groups in total. The number of piperidine rings is 1. The third kappa shape index (κ3) is 3.15. The summed E-state index contributed by atoms with van der Waals surface area (Å²) in [7, 11) is 5.23. The Morgan fingerprint density at radius 1 is 1.21 bits per heavy atom. The molecule has 1 heterocycles. The zero-order valence-corrected chi connectivity index (χ0v) is 11.6. The van der Waals surface area contributed by atoms with Gasteiger partial charge in [-0.25, -0.2) is 0 Å². The smallest absolute Gasteiger partial charge is 0.161 e. The van der Waals surface area contributed by atoms with Gasteiger partial charge in [0.2, 0.25) is 0 Å². The summed E-state index contributed by atoms with van der Waals surface area (Å²) < 4.78 is 10.5. The van der Waals surface area contributed by atoms with Crippen molar-refractivity contribution in [3.05, 3.63) is 29.3 Å². The second-order valence-electron chi connectivity index (χ2n) is 4.69. The van der Waals surface area contributed by atoms with Crippen LogP contribution in [0.4, 0.5) is 0 Å².